The molecular weight excluding hydrogens is 216 g/mol. The first kappa shape index (κ1) is 11.0. The molecule has 0 atom stereocenters. The van der Waals surface area contributed by atoms with Crippen molar-refractivity contribution in [3.63, 3.8) is 0 Å². The molecule has 1 heterocycles. The Morgan fingerprint density at radius 1 is 1.12 bits per heavy atom. The number of carbonyl (C=O) groups excluding carboxylic acids is 1. The lowest BCUT2D eigenvalue weighted by Crippen LogP contribution is -2.40. The van der Waals surface area contributed by atoms with E-state index < -0.39 is 11.6 Å². The van der Waals surface area contributed by atoms with Crippen LogP contribution in [0.5, 0.6) is 0 Å². The van der Waals surface area contributed by atoms with E-state index in [1.807, 2.05) is 0 Å². The van der Waals surface area contributed by atoms with Crippen LogP contribution in [-0.4, -0.2) is 37.1 Å². The molecule has 1 aliphatic heterocycles. The van der Waals surface area contributed by atoms with Gasteiger partial charge in [0.25, 0.3) is 5.91 Å². The summed E-state index contributed by atoms with van der Waals surface area (Å²) >= 11 is 0. The van der Waals surface area contributed by atoms with E-state index in [9.17, 15) is 13.6 Å². The van der Waals surface area contributed by atoms with Gasteiger partial charge >= 0.3 is 0 Å². The quantitative estimate of drug-likeness (QED) is 0.726. The number of ether oxygens (including phenoxy) is 1. The Hall–Kier alpha value is -1.49. The van der Waals surface area contributed by atoms with Crippen molar-refractivity contribution < 1.29 is 18.3 Å². The van der Waals surface area contributed by atoms with E-state index in [2.05, 4.69) is 0 Å². The second-order valence-electron chi connectivity index (χ2n) is 3.56. The highest BCUT2D eigenvalue weighted by Gasteiger charge is 2.19. The molecule has 0 unspecified atom stereocenters. The average Bonchev–Trinajstić information content (AvgIpc) is 2.28. The molecule has 1 fully saturated rings. The number of hydrogen-bond donors (Lipinski definition) is 0. The van der Waals surface area contributed by atoms with Crippen LogP contribution in [0.25, 0.3) is 0 Å². The Balaban J connectivity index is 2.19. The summed E-state index contributed by atoms with van der Waals surface area (Å²) in [4.78, 5) is 13.4. The van der Waals surface area contributed by atoms with Gasteiger partial charge in [0.05, 0.1) is 13.2 Å². The van der Waals surface area contributed by atoms with Gasteiger partial charge in [-0.15, -0.1) is 0 Å². The maximum atomic E-state index is 12.9. The molecule has 0 N–H and O–H groups in total. The summed E-state index contributed by atoms with van der Waals surface area (Å²) in [7, 11) is 0. The fraction of sp³-hybridized carbons (Fsp3) is 0.364. The first-order valence-electron chi connectivity index (χ1n) is 5.00. The summed E-state index contributed by atoms with van der Waals surface area (Å²) in [5.41, 5.74) is 0.0411. The second kappa shape index (κ2) is 4.57. The predicted octanol–water partition coefficient (Wildman–Crippen LogP) is 1.44. The minimum absolute atomic E-state index is 0.0411. The van der Waals surface area contributed by atoms with Crippen molar-refractivity contribution in [3.05, 3.63) is 35.4 Å². The molecule has 0 spiro atoms. The van der Waals surface area contributed by atoms with E-state index in [0.717, 1.165) is 18.2 Å². The molecule has 1 aliphatic rings. The zero-order valence-corrected chi connectivity index (χ0v) is 8.58. The number of morpholine rings is 1. The van der Waals surface area contributed by atoms with Crippen LogP contribution in [0.4, 0.5) is 8.78 Å². The number of carbonyl (C=O) groups is 1. The molecule has 0 radical (unpaired) electrons. The first-order chi connectivity index (χ1) is 7.66. The van der Waals surface area contributed by atoms with E-state index in [1.54, 1.807) is 0 Å². The van der Waals surface area contributed by atoms with Crippen LogP contribution in [0, 0.1) is 11.6 Å². The van der Waals surface area contributed by atoms with E-state index in [-0.39, 0.29) is 11.5 Å². The molecule has 3 nitrogen and oxygen atoms in total. The molecule has 86 valence electrons. The number of amides is 1. The summed E-state index contributed by atoms with van der Waals surface area (Å²) in [5, 5.41) is 0. The molecule has 1 aromatic carbocycles. The third kappa shape index (κ3) is 2.36. The van der Waals surface area contributed by atoms with Gasteiger partial charge in [0.1, 0.15) is 11.6 Å². The van der Waals surface area contributed by atoms with E-state index in [1.165, 1.54) is 4.90 Å². The van der Waals surface area contributed by atoms with Crippen LogP contribution < -0.4 is 0 Å². The number of hydrogen-bond acceptors (Lipinski definition) is 2. The standard InChI is InChI=1S/C11H11F2NO2/c12-9-5-8(6-10(13)7-9)11(15)14-1-3-16-4-2-14/h5-7H,1-4H2. The number of rotatable bonds is 1. The average molecular weight is 227 g/mol. The number of halogens is 2. The normalized spacial score (nSPS) is 16.2. The second-order valence-corrected chi connectivity index (χ2v) is 3.56. The molecule has 1 amide bonds. The summed E-state index contributed by atoms with van der Waals surface area (Å²) in [5.74, 6) is -1.84. The zero-order valence-electron chi connectivity index (χ0n) is 8.58. The summed E-state index contributed by atoms with van der Waals surface area (Å²) in [6.45, 7) is 1.83. The largest absolute Gasteiger partial charge is 0.378 e. The third-order valence-corrected chi connectivity index (χ3v) is 2.41. The predicted molar refractivity (Wildman–Crippen MR) is 53.1 cm³/mol. The van der Waals surface area contributed by atoms with Crippen LogP contribution in [0.2, 0.25) is 0 Å². The minimum atomic E-state index is -0.739. The topological polar surface area (TPSA) is 29.5 Å². The molecule has 0 saturated carbocycles. The minimum Gasteiger partial charge on any atom is -0.378 e. The SMILES string of the molecule is O=C(c1cc(F)cc(F)c1)N1CCOCC1. The molecule has 0 aromatic heterocycles. The lowest BCUT2D eigenvalue weighted by atomic mass is 10.2. The lowest BCUT2D eigenvalue weighted by Gasteiger charge is -2.26. The van der Waals surface area contributed by atoms with Gasteiger partial charge in [-0.1, -0.05) is 0 Å². The van der Waals surface area contributed by atoms with Crippen molar-refractivity contribution in [2.75, 3.05) is 26.3 Å². The first-order valence-corrected chi connectivity index (χ1v) is 5.00. The van der Waals surface area contributed by atoms with Gasteiger partial charge in [0.2, 0.25) is 0 Å². The maximum Gasteiger partial charge on any atom is 0.254 e. The molecule has 0 bridgehead atoms. The molecule has 1 saturated heterocycles. The van der Waals surface area contributed by atoms with E-state index in [4.69, 9.17) is 4.74 Å². The Morgan fingerprint density at radius 3 is 2.25 bits per heavy atom. The lowest BCUT2D eigenvalue weighted by molar-refractivity contribution is 0.0302. The van der Waals surface area contributed by atoms with Gasteiger partial charge in [-0.05, 0) is 12.1 Å². The van der Waals surface area contributed by atoms with Crippen LogP contribution in [0.1, 0.15) is 10.4 Å². The maximum absolute atomic E-state index is 12.9. The smallest absolute Gasteiger partial charge is 0.254 e. The molecule has 2 rings (SSSR count). The van der Waals surface area contributed by atoms with Gasteiger partial charge in [-0.25, -0.2) is 8.78 Å². The highest BCUT2D eigenvalue weighted by Crippen LogP contribution is 2.11. The Bertz CT molecular complexity index is 383. The summed E-state index contributed by atoms with van der Waals surface area (Å²) in [6, 6.07) is 2.83. The van der Waals surface area contributed by atoms with Gasteiger partial charge in [-0.3, -0.25) is 4.79 Å². The molecular formula is C11H11F2NO2. The Morgan fingerprint density at radius 2 is 1.69 bits per heavy atom. The van der Waals surface area contributed by atoms with Gasteiger partial charge in [0.15, 0.2) is 0 Å². The highest BCUT2D eigenvalue weighted by molar-refractivity contribution is 5.94. The van der Waals surface area contributed by atoms with Crippen molar-refractivity contribution in [1.29, 1.82) is 0 Å². The van der Waals surface area contributed by atoms with Crippen LogP contribution in [0.15, 0.2) is 18.2 Å². The third-order valence-electron chi connectivity index (χ3n) is 2.41. The van der Waals surface area contributed by atoms with Crippen LogP contribution in [-0.2, 0) is 4.74 Å². The Labute approximate surface area is 91.6 Å². The Kier molecular flexibility index (Phi) is 3.14. The van der Waals surface area contributed by atoms with Gasteiger partial charge in [0, 0.05) is 24.7 Å². The monoisotopic (exact) mass is 227 g/mol. The van der Waals surface area contributed by atoms with Gasteiger partial charge < -0.3 is 9.64 Å². The fourth-order valence-electron chi connectivity index (χ4n) is 1.63. The molecule has 5 heteroatoms. The fourth-order valence-corrected chi connectivity index (χ4v) is 1.63. The molecule has 16 heavy (non-hydrogen) atoms. The number of benzene rings is 1. The van der Waals surface area contributed by atoms with Crippen molar-refractivity contribution >= 4 is 5.91 Å². The summed E-state index contributed by atoms with van der Waals surface area (Å²) in [6.07, 6.45) is 0. The van der Waals surface area contributed by atoms with Crippen LogP contribution >= 0.6 is 0 Å². The van der Waals surface area contributed by atoms with Crippen molar-refractivity contribution in [2.45, 2.75) is 0 Å². The number of nitrogens with zero attached hydrogens (tertiary/aromatic N) is 1. The van der Waals surface area contributed by atoms with Crippen molar-refractivity contribution in [3.8, 4) is 0 Å². The zero-order chi connectivity index (χ0) is 11.5. The van der Waals surface area contributed by atoms with Gasteiger partial charge in [-0.2, -0.15) is 0 Å². The van der Waals surface area contributed by atoms with Crippen molar-refractivity contribution in [1.82, 2.24) is 4.90 Å². The molecule has 1 aromatic rings. The highest BCUT2D eigenvalue weighted by atomic mass is 19.1. The summed E-state index contributed by atoms with van der Waals surface area (Å²) < 4.78 is 30.9. The molecule has 0 aliphatic carbocycles. The van der Waals surface area contributed by atoms with Crippen molar-refractivity contribution in [2.24, 2.45) is 0 Å². The van der Waals surface area contributed by atoms with E-state index >= 15 is 0 Å². The van der Waals surface area contributed by atoms with Crippen LogP contribution in [0.3, 0.4) is 0 Å². The van der Waals surface area contributed by atoms with E-state index in [0.29, 0.717) is 26.3 Å².